The maximum Gasteiger partial charge on any atom is 0.261 e. The van der Waals surface area contributed by atoms with E-state index in [0.717, 1.165) is 18.8 Å². The van der Waals surface area contributed by atoms with Gasteiger partial charge in [-0.1, -0.05) is 29.8 Å². The first-order valence-electron chi connectivity index (χ1n) is 11.0. The number of rotatable bonds is 8. The van der Waals surface area contributed by atoms with Gasteiger partial charge < -0.3 is 19.3 Å². The predicted molar refractivity (Wildman–Crippen MR) is 136 cm³/mol. The summed E-state index contributed by atoms with van der Waals surface area (Å²) in [5.74, 6) is 0.754. The molecule has 0 aromatic heterocycles. The van der Waals surface area contributed by atoms with Crippen LogP contribution >= 0.6 is 11.6 Å². The van der Waals surface area contributed by atoms with Crippen LogP contribution in [0.5, 0.6) is 11.5 Å². The normalized spacial score (nSPS) is 13.9. The summed E-state index contributed by atoms with van der Waals surface area (Å²) in [4.78, 5) is 16.7. The Kier molecular flexibility index (Phi) is 7.67. The lowest BCUT2D eigenvalue weighted by atomic mass is 10.2. The summed E-state index contributed by atoms with van der Waals surface area (Å²) < 4.78 is 38.5. The number of halogens is 1. The zero-order valence-corrected chi connectivity index (χ0v) is 20.8. The molecule has 35 heavy (non-hydrogen) atoms. The van der Waals surface area contributed by atoms with Crippen LogP contribution in [-0.4, -0.2) is 59.1 Å². The van der Waals surface area contributed by atoms with Crippen LogP contribution in [0, 0.1) is 0 Å². The fraction of sp³-hybridized carbons (Fsp3) is 0.240. The average Bonchev–Trinajstić information content (AvgIpc) is 2.88. The van der Waals surface area contributed by atoms with Crippen molar-refractivity contribution in [1.29, 1.82) is 0 Å². The number of para-hydroxylation sites is 1. The van der Waals surface area contributed by atoms with Gasteiger partial charge in [-0.15, -0.1) is 0 Å². The smallest absolute Gasteiger partial charge is 0.261 e. The Bertz CT molecular complexity index is 1260. The van der Waals surface area contributed by atoms with Crippen molar-refractivity contribution < 1.29 is 22.7 Å². The van der Waals surface area contributed by atoms with E-state index in [1.807, 2.05) is 18.2 Å². The van der Waals surface area contributed by atoms with E-state index in [0.29, 0.717) is 35.3 Å². The van der Waals surface area contributed by atoms with Crippen molar-refractivity contribution in [3.8, 4) is 11.5 Å². The first kappa shape index (κ1) is 24.7. The highest BCUT2D eigenvalue weighted by Crippen LogP contribution is 2.28. The molecular weight excluding hydrogens is 490 g/mol. The average molecular weight is 516 g/mol. The van der Waals surface area contributed by atoms with Crippen molar-refractivity contribution in [2.75, 3.05) is 49.5 Å². The van der Waals surface area contributed by atoms with Gasteiger partial charge in [-0.25, -0.2) is 8.42 Å². The van der Waals surface area contributed by atoms with Gasteiger partial charge >= 0.3 is 0 Å². The van der Waals surface area contributed by atoms with E-state index in [1.54, 1.807) is 17.0 Å². The molecule has 1 fully saturated rings. The molecule has 1 N–H and O–H groups in total. The molecular formula is C25H26ClN3O5S. The molecule has 0 aliphatic carbocycles. The first-order chi connectivity index (χ1) is 16.9. The van der Waals surface area contributed by atoms with Gasteiger partial charge in [-0.2, -0.15) is 0 Å². The van der Waals surface area contributed by atoms with E-state index in [4.69, 9.17) is 21.1 Å². The van der Waals surface area contributed by atoms with Gasteiger partial charge in [0.15, 0.2) is 6.61 Å². The molecule has 4 rings (SSSR count). The monoisotopic (exact) mass is 515 g/mol. The number of methoxy groups -OCH3 is 1. The van der Waals surface area contributed by atoms with Gasteiger partial charge in [0.05, 0.1) is 22.7 Å². The predicted octanol–water partition coefficient (Wildman–Crippen LogP) is 3.88. The quantitative estimate of drug-likeness (QED) is 0.490. The van der Waals surface area contributed by atoms with Crippen LogP contribution in [0.4, 0.5) is 11.4 Å². The van der Waals surface area contributed by atoms with Gasteiger partial charge in [0.1, 0.15) is 11.5 Å². The molecule has 0 saturated carbocycles. The zero-order chi connectivity index (χ0) is 24.8. The third-order valence-electron chi connectivity index (χ3n) is 5.65. The van der Waals surface area contributed by atoms with Crippen LogP contribution in [0.25, 0.3) is 0 Å². The molecule has 3 aromatic rings. The SMILES string of the molecule is COc1ccc(NS(=O)(=O)c2ccc(OCC(=O)N3CCN(c4ccccc4)CC3)cc2)cc1Cl. The summed E-state index contributed by atoms with van der Waals surface area (Å²) in [5.41, 5.74) is 1.46. The molecule has 0 unspecified atom stereocenters. The van der Waals surface area contributed by atoms with E-state index >= 15 is 0 Å². The van der Waals surface area contributed by atoms with Gasteiger partial charge in [-0.05, 0) is 54.6 Å². The fourth-order valence-corrected chi connectivity index (χ4v) is 5.06. The second-order valence-corrected chi connectivity index (χ2v) is 10.0. The van der Waals surface area contributed by atoms with Crippen molar-refractivity contribution in [1.82, 2.24) is 4.90 Å². The Morgan fingerprint density at radius 2 is 1.66 bits per heavy atom. The van der Waals surface area contributed by atoms with E-state index in [2.05, 4.69) is 21.8 Å². The number of anilines is 2. The molecule has 1 heterocycles. The number of nitrogens with one attached hydrogen (secondary N) is 1. The second-order valence-electron chi connectivity index (χ2n) is 7.92. The van der Waals surface area contributed by atoms with Crippen LogP contribution in [0.3, 0.4) is 0 Å². The summed E-state index contributed by atoms with van der Waals surface area (Å²) in [6.45, 7) is 2.65. The highest BCUT2D eigenvalue weighted by atomic mass is 35.5. The van der Waals surface area contributed by atoms with Gasteiger partial charge in [0.2, 0.25) is 0 Å². The van der Waals surface area contributed by atoms with E-state index in [-0.39, 0.29) is 17.4 Å². The van der Waals surface area contributed by atoms with Gasteiger partial charge in [-0.3, -0.25) is 9.52 Å². The Morgan fingerprint density at radius 3 is 2.29 bits per heavy atom. The molecule has 1 amide bonds. The fourth-order valence-electron chi connectivity index (χ4n) is 3.75. The van der Waals surface area contributed by atoms with Crippen molar-refractivity contribution in [2.45, 2.75) is 4.90 Å². The van der Waals surface area contributed by atoms with E-state index < -0.39 is 10.0 Å². The molecule has 1 saturated heterocycles. The molecule has 0 spiro atoms. The number of amides is 1. The Hall–Kier alpha value is -3.43. The molecule has 184 valence electrons. The van der Waals surface area contributed by atoms with E-state index in [1.165, 1.54) is 37.4 Å². The second kappa shape index (κ2) is 10.9. The van der Waals surface area contributed by atoms with Crippen molar-refractivity contribution in [3.63, 3.8) is 0 Å². The minimum Gasteiger partial charge on any atom is -0.495 e. The molecule has 0 radical (unpaired) electrons. The number of carbonyl (C=O) groups excluding carboxylic acids is 1. The molecule has 3 aromatic carbocycles. The maximum absolute atomic E-state index is 12.7. The van der Waals surface area contributed by atoms with Crippen LogP contribution in [0.1, 0.15) is 0 Å². The minimum absolute atomic E-state index is 0.0557. The summed E-state index contributed by atoms with van der Waals surface area (Å²) in [7, 11) is -2.35. The van der Waals surface area contributed by atoms with Crippen LogP contribution in [-0.2, 0) is 14.8 Å². The van der Waals surface area contributed by atoms with E-state index in [9.17, 15) is 13.2 Å². The Balaban J connectivity index is 1.29. The zero-order valence-electron chi connectivity index (χ0n) is 19.2. The molecule has 10 heteroatoms. The highest BCUT2D eigenvalue weighted by molar-refractivity contribution is 7.92. The summed E-state index contributed by atoms with van der Waals surface area (Å²) in [5, 5.41) is 0.294. The molecule has 0 atom stereocenters. The molecule has 1 aliphatic rings. The topological polar surface area (TPSA) is 88.2 Å². The molecule has 8 nitrogen and oxygen atoms in total. The number of carbonyl (C=O) groups is 1. The number of piperazine rings is 1. The molecule has 0 bridgehead atoms. The number of nitrogens with zero attached hydrogens (tertiary/aromatic N) is 2. The molecule has 1 aliphatic heterocycles. The van der Waals surface area contributed by atoms with Crippen molar-refractivity contribution in [2.24, 2.45) is 0 Å². The maximum atomic E-state index is 12.7. The number of hydrogen-bond donors (Lipinski definition) is 1. The summed E-state index contributed by atoms with van der Waals surface area (Å²) in [6.07, 6.45) is 0. The standard InChI is InChI=1S/C25H26ClN3O5S/c1-33-24-12-7-19(17-23(24)26)27-35(31,32)22-10-8-21(9-11-22)34-18-25(30)29-15-13-28(14-16-29)20-5-3-2-4-6-20/h2-12,17,27H,13-16,18H2,1H3. The number of benzene rings is 3. The largest absolute Gasteiger partial charge is 0.495 e. The lowest BCUT2D eigenvalue weighted by molar-refractivity contribution is -0.133. The summed E-state index contributed by atoms with van der Waals surface area (Å²) >= 11 is 6.07. The number of ether oxygens (including phenoxy) is 2. The first-order valence-corrected chi connectivity index (χ1v) is 12.9. The summed E-state index contributed by atoms with van der Waals surface area (Å²) in [6, 6.07) is 20.6. The number of hydrogen-bond acceptors (Lipinski definition) is 6. The van der Waals surface area contributed by atoms with Crippen LogP contribution < -0.4 is 19.1 Å². The number of sulfonamides is 1. The Morgan fingerprint density at radius 1 is 0.971 bits per heavy atom. The van der Waals surface area contributed by atoms with Gasteiger partial charge in [0.25, 0.3) is 15.9 Å². The van der Waals surface area contributed by atoms with Crippen molar-refractivity contribution >= 4 is 38.9 Å². The minimum atomic E-state index is -3.83. The highest BCUT2D eigenvalue weighted by Gasteiger charge is 2.22. The lowest BCUT2D eigenvalue weighted by Crippen LogP contribution is -2.50. The Labute approximate surface area is 210 Å². The lowest BCUT2D eigenvalue weighted by Gasteiger charge is -2.36. The third-order valence-corrected chi connectivity index (χ3v) is 7.35. The van der Waals surface area contributed by atoms with Crippen LogP contribution in [0.2, 0.25) is 5.02 Å². The third kappa shape index (κ3) is 6.17. The van der Waals surface area contributed by atoms with Crippen LogP contribution in [0.15, 0.2) is 77.7 Å². The van der Waals surface area contributed by atoms with Gasteiger partial charge in [0, 0.05) is 31.9 Å². The van der Waals surface area contributed by atoms with Crippen molar-refractivity contribution in [3.05, 3.63) is 77.8 Å².